The van der Waals surface area contributed by atoms with Crippen molar-refractivity contribution < 1.29 is 31.8 Å². The molecule has 1 aliphatic rings. The molecule has 0 radical (unpaired) electrons. The topological polar surface area (TPSA) is 77.4 Å². The largest absolute Gasteiger partial charge is 0.772 e. The van der Waals surface area contributed by atoms with Gasteiger partial charge in [0.25, 0.3) is 0 Å². The summed E-state index contributed by atoms with van der Waals surface area (Å²) in [4.78, 5) is 11.5. The number of halogens is 3. The van der Waals surface area contributed by atoms with Gasteiger partial charge in [-0.3, -0.25) is 9.00 Å². The lowest BCUT2D eigenvalue weighted by molar-refractivity contribution is -0.140. The van der Waals surface area contributed by atoms with Crippen LogP contribution in [0.25, 0.3) is 0 Å². The van der Waals surface area contributed by atoms with Crippen molar-refractivity contribution in [1.29, 1.82) is 0 Å². The van der Waals surface area contributed by atoms with Crippen LogP contribution in [0.15, 0.2) is 18.2 Å². The van der Waals surface area contributed by atoms with Gasteiger partial charge in [-0.15, -0.1) is 0 Å². The van der Waals surface area contributed by atoms with E-state index in [4.69, 9.17) is 0 Å². The molecule has 2 unspecified atom stereocenters. The van der Waals surface area contributed by atoms with Crippen molar-refractivity contribution in [3.8, 4) is 0 Å². The summed E-state index contributed by atoms with van der Waals surface area (Å²) in [6, 6.07) is 3.15. The number of benzene rings is 1. The zero-order valence-electron chi connectivity index (χ0n) is 12.8. The van der Waals surface area contributed by atoms with Gasteiger partial charge in [-0.1, -0.05) is 48.9 Å². The van der Waals surface area contributed by atoms with Gasteiger partial charge in [0, 0.05) is 5.75 Å². The fourth-order valence-electron chi connectivity index (χ4n) is 3.29. The maximum Gasteiger partial charge on any atom is 0.416 e. The molecule has 4 nitrogen and oxygen atoms in total. The van der Waals surface area contributed by atoms with Crippen molar-refractivity contribution >= 4 is 17.0 Å². The second kappa shape index (κ2) is 7.65. The van der Waals surface area contributed by atoms with E-state index in [1.807, 2.05) is 0 Å². The lowest BCUT2D eigenvalue weighted by Crippen LogP contribution is -2.17. The molecule has 2 atom stereocenters. The standard InChI is InChI=1S/C16H19F3O4S/c17-16(18,19)14-8-11(5-6-12(14)9-24(22)23)13(15(20)21)7-10-3-1-2-4-10/h5-6,8,10,13H,1-4,7,9H2,(H,20,21)(H,22,23)/p-1. The van der Waals surface area contributed by atoms with Crippen molar-refractivity contribution in [2.75, 3.05) is 0 Å². The summed E-state index contributed by atoms with van der Waals surface area (Å²) in [5, 5.41) is 9.42. The lowest BCUT2D eigenvalue weighted by atomic mass is 9.86. The molecule has 1 fully saturated rings. The van der Waals surface area contributed by atoms with Gasteiger partial charge in [0.1, 0.15) is 0 Å². The molecule has 0 saturated heterocycles. The van der Waals surface area contributed by atoms with Gasteiger partial charge in [-0.05, 0) is 29.5 Å². The number of carboxylic acid groups (broad SMARTS) is 1. The third-order valence-electron chi connectivity index (χ3n) is 4.46. The van der Waals surface area contributed by atoms with Crippen LogP contribution in [0.4, 0.5) is 13.2 Å². The Balaban J connectivity index is 2.36. The molecular formula is C16H18F3O4S-. The van der Waals surface area contributed by atoms with Crippen LogP contribution in [0.3, 0.4) is 0 Å². The molecule has 0 spiro atoms. The van der Waals surface area contributed by atoms with E-state index in [-0.39, 0.29) is 17.0 Å². The molecule has 0 amide bonds. The Morgan fingerprint density at radius 3 is 2.46 bits per heavy atom. The zero-order valence-corrected chi connectivity index (χ0v) is 13.7. The fraction of sp³-hybridized carbons (Fsp3) is 0.562. The molecule has 1 saturated carbocycles. The lowest BCUT2D eigenvalue weighted by Gasteiger charge is -2.20. The maximum atomic E-state index is 13.2. The van der Waals surface area contributed by atoms with Crippen LogP contribution in [0.2, 0.25) is 0 Å². The van der Waals surface area contributed by atoms with Gasteiger partial charge in [0.05, 0.1) is 11.5 Å². The van der Waals surface area contributed by atoms with Crippen molar-refractivity contribution in [2.24, 2.45) is 5.92 Å². The number of aliphatic carboxylic acids is 1. The van der Waals surface area contributed by atoms with Gasteiger partial charge in [0.15, 0.2) is 0 Å². The van der Waals surface area contributed by atoms with Gasteiger partial charge in [-0.2, -0.15) is 13.2 Å². The minimum atomic E-state index is -4.73. The van der Waals surface area contributed by atoms with Crippen LogP contribution in [-0.2, 0) is 27.8 Å². The van der Waals surface area contributed by atoms with Crippen molar-refractivity contribution in [3.63, 3.8) is 0 Å². The summed E-state index contributed by atoms with van der Waals surface area (Å²) in [5.74, 6) is -2.72. The monoisotopic (exact) mass is 363 g/mol. The molecule has 2 rings (SSSR count). The van der Waals surface area contributed by atoms with Crippen molar-refractivity contribution in [2.45, 2.75) is 50.0 Å². The van der Waals surface area contributed by atoms with Crippen LogP contribution in [0.5, 0.6) is 0 Å². The zero-order chi connectivity index (χ0) is 17.9. The predicted octanol–water partition coefficient (Wildman–Crippen LogP) is 3.83. The first-order chi connectivity index (χ1) is 11.2. The molecule has 1 N–H and O–H groups in total. The van der Waals surface area contributed by atoms with Gasteiger partial charge >= 0.3 is 12.1 Å². The summed E-state index contributed by atoms with van der Waals surface area (Å²) < 4.78 is 61.1. The molecule has 0 heterocycles. The Hall–Kier alpha value is -1.41. The quantitative estimate of drug-likeness (QED) is 0.779. The first-order valence-electron chi connectivity index (χ1n) is 7.67. The Morgan fingerprint density at radius 2 is 1.96 bits per heavy atom. The predicted molar refractivity (Wildman–Crippen MR) is 81.0 cm³/mol. The number of carbonyl (C=O) groups is 1. The van der Waals surface area contributed by atoms with E-state index in [2.05, 4.69) is 0 Å². The Morgan fingerprint density at radius 1 is 1.33 bits per heavy atom. The molecule has 134 valence electrons. The number of rotatable bonds is 6. The van der Waals surface area contributed by atoms with Crippen LogP contribution >= 0.6 is 0 Å². The summed E-state index contributed by atoms with van der Waals surface area (Å²) in [7, 11) is 0. The highest BCUT2D eigenvalue weighted by Crippen LogP contribution is 2.38. The van der Waals surface area contributed by atoms with E-state index in [0.29, 0.717) is 6.42 Å². The average Bonchev–Trinajstić information content (AvgIpc) is 2.96. The number of carboxylic acids is 1. The fourth-order valence-corrected chi connectivity index (χ4v) is 3.79. The maximum absolute atomic E-state index is 13.2. The van der Waals surface area contributed by atoms with Crippen molar-refractivity contribution in [1.82, 2.24) is 0 Å². The molecule has 24 heavy (non-hydrogen) atoms. The van der Waals surface area contributed by atoms with Crippen LogP contribution in [0, 0.1) is 5.92 Å². The Bertz CT molecular complexity index is 624. The van der Waals surface area contributed by atoms with Gasteiger partial charge in [-0.25, -0.2) is 0 Å². The molecule has 0 aliphatic heterocycles. The Labute approximate surface area is 140 Å². The van der Waals surface area contributed by atoms with Crippen LogP contribution in [-0.4, -0.2) is 19.8 Å². The SMILES string of the molecule is O=C(O)C(CC1CCCC1)c1ccc(CS(=O)[O-])c(C(F)(F)F)c1. The van der Waals surface area contributed by atoms with E-state index in [1.165, 1.54) is 6.07 Å². The highest BCUT2D eigenvalue weighted by molar-refractivity contribution is 7.78. The molecule has 0 aromatic heterocycles. The van der Waals surface area contributed by atoms with E-state index in [9.17, 15) is 31.8 Å². The smallest absolute Gasteiger partial charge is 0.416 e. The summed E-state index contributed by atoms with van der Waals surface area (Å²) in [5.41, 5.74) is -1.38. The third kappa shape index (κ3) is 4.80. The van der Waals surface area contributed by atoms with E-state index in [1.54, 1.807) is 0 Å². The third-order valence-corrected chi connectivity index (χ3v) is 5.00. The van der Waals surface area contributed by atoms with Crippen LogP contribution < -0.4 is 0 Å². The van der Waals surface area contributed by atoms with E-state index >= 15 is 0 Å². The van der Waals surface area contributed by atoms with Crippen LogP contribution in [0.1, 0.15) is 54.7 Å². The molecular weight excluding hydrogens is 345 g/mol. The number of hydrogen-bond acceptors (Lipinski definition) is 3. The van der Waals surface area contributed by atoms with Crippen molar-refractivity contribution in [3.05, 3.63) is 34.9 Å². The highest BCUT2D eigenvalue weighted by Gasteiger charge is 2.35. The molecule has 0 bridgehead atoms. The minimum absolute atomic E-state index is 0.0714. The number of hydrogen-bond donors (Lipinski definition) is 1. The molecule has 1 aliphatic carbocycles. The van der Waals surface area contributed by atoms with Gasteiger partial charge < -0.3 is 9.66 Å². The average molecular weight is 363 g/mol. The van der Waals surface area contributed by atoms with E-state index in [0.717, 1.165) is 37.8 Å². The number of alkyl halides is 3. The second-order valence-electron chi connectivity index (χ2n) is 6.14. The minimum Gasteiger partial charge on any atom is -0.772 e. The first kappa shape index (κ1) is 18.9. The first-order valence-corrected chi connectivity index (χ1v) is 8.91. The summed E-state index contributed by atoms with van der Waals surface area (Å²) >= 11 is -2.66. The molecule has 1 aromatic carbocycles. The van der Waals surface area contributed by atoms with Gasteiger partial charge in [0.2, 0.25) is 0 Å². The normalized spacial score (nSPS) is 18.5. The van der Waals surface area contributed by atoms with E-state index < -0.39 is 40.5 Å². The second-order valence-corrected chi connectivity index (χ2v) is 7.04. The molecule has 1 aromatic rings. The summed E-state index contributed by atoms with van der Waals surface area (Å²) in [6.45, 7) is 0. The highest BCUT2D eigenvalue weighted by atomic mass is 32.2. The Kier molecular flexibility index (Phi) is 6.03. The molecule has 8 heteroatoms. The summed E-state index contributed by atoms with van der Waals surface area (Å²) in [6.07, 6.45) is -0.620.